The Hall–Kier alpha value is -2.81. The summed E-state index contributed by atoms with van der Waals surface area (Å²) in [6, 6.07) is 13.3. The van der Waals surface area contributed by atoms with Crippen LogP contribution in [0.15, 0.2) is 48.5 Å². The maximum absolute atomic E-state index is 14.2. The van der Waals surface area contributed by atoms with E-state index < -0.39 is 11.6 Å². The minimum atomic E-state index is -0.749. The van der Waals surface area contributed by atoms with Gasteiger partial charge in [0.2, 0.25) is 0 Å². The largest absolute Gasteiger partial charge is 1.00 e. The minimum Gasteiger partial charge on any atom is -1.00 e. The van der Waals surface area contributed by atoms with Gasteiger partial charge in [-0.05, 0) is 43.1 Å². The fourth-order valence-electron chi connectivity index (χ4n) is 3.35. The van der Waals surface area contributed by atoms with Crippen LogP contribution in [0.3, 0.4) is 0 Å². The number of carbonyl (C=O) groups is 1. The number of carbonyl (C=O) groups excluding carboxylic acids is 1. The monoisotopic (exact) mass is 476 g/mol. The highest BCUT2D eigenvalue weighted by Gasteiger charge is 2.25. The standard InChI is InChI=1S/C23H21F2N3O2S.ClH/c1-27(2)8-9-28(23-26-21-18(25)12-16(24)13-20(21)31-23)22(29)17-10-14-6-4-5-7-15(14)11-19(17)30-3;/h4-7,10-13H,8-9H2,1-3H3;1H/p-1. The molecule has 0 N–H and O–H groups in total. The topological polar surface area (TPSA) is 45.7 Å². The molecule has 4 rings (SSSR count). The maximum Gasteiger partial charge on any atom is 0.263 e. The van der Waals surface area contributed by atoms with Gasteiger partial charge in [0.05, 0.1) is 17.4 Å². The lowest BCUT2D eigenvalue weighted by Crippen LogP contribution is -3.00. The summed E-state index contributed by atoms with van der Waals surface area (Å²) in [7, 11) is 5.31. The van der Waals surface area contributed by atoms with Crippen molar-refractivity contribution in [2.75, 3.05) is 39.2 Å². The lowest BCUT2D eigenvalue weighted by molar-refractivity contribution is -0.0000156. The molecule has 0 saturated heterocycles. The normalized spacial score (nSPS) is 11.1. The second-order valence-corrected chi connectivity index (χ2v) is 8.40. The van der Waals surface area contributed by atoms with E-state index in [0.717, 1.165) is 28.2 Å². The number of rotatable bonds is 6. The quantitative estimate of drug-likeness (QED) is 0.427. The molecule has 0 aliphatic rings. The Morgan fingerprint density at radius 2 is 1.75 bits per heavy atom. The molecule has 9 heteroatoms. The number of halogens is 3. The van der Waals surface area contributed by atoms with Gasteiger partial charge >= 0.3 is 0 Å². The van der Waals surface area contributed by atoms with Crippen molar-refractivity contribution in [3.05, 3.63) is 65.7 Å². The minimum absolute atomic E-state index is 0. The van der Waals surface area contributed by atoms with E-state index in [-0.39, 0.29) is 23.8 Å². The average Bonchev–Trinajstić information content (AvgIpc) is 3.16. The third-order valence-corrected chi connectivity index (χ3v) is 5.97. The van der Waals surface area contributed by atoms with Gasteiger partial charge in [0, 0.05) is 19.2 Å². The van der Waals surface area contributed by atoms with E-state index in [1.54, 1.807) is 6.07 Å². The average molecular weight is 477 g/mol. The van der Waals surface area contributed by atoms with Gasteiger partial charge in [-0.15, -0.1) is 0 Å². The SMILES string of the molecule is COc1cc2ccccc2cc1C(=O)N(CCN(C)C)c1nc2c(F)cc(F)cc2s1.[Cl-]. The summed E-state index contributed by atoms with van der Waals surface area (Å²) in [5.41, 5.74) is 0.431. The molecule has 4 aromatic rings. The zero-order valence-corrected chi connectivity index (χ0v) is 19.3. The lowest BCUT2D eigenvalue weighted by atomic mass is 10.0. The van der Waals surface area contributed by atoms with Crippen LogP contribution in [-0.2, 0) is 0 Å². The molecule has 0 fully saturated rings. The molecule has 0 saturated carbocycles. The van der Waals surface area contributed by atoms with Crippen molar-refractivity contribution in [1.29, 1.82) is 0 Å². The molecule has 0 bridgehead atoms. The number of likely N-dealkylation sites (N-methyl/N-ethyl adjacent to an activating group) is 1. The molecule has 1 heterocycles. The number of hydrogen-bond acceptors (Lipinski definition) is 5. The van der Waals surface area contributed by atoms with Crippen LogP contribution in [0.2, 0.25) is 0 Å². The number of fused-ring (bicyclic) bond motifs is 2. The Kier molecular flexibility index (Phi) is 7.28. The molecule has 1 amide bonds. The third kappa shape index (κ3) is 4.67. The van der Waals surface area contributed by atoms with Crippen molar-refractivity contribution >= 4 is 43.4 Å². The van der Waals surface area contributed by atoms with Gasteiger partial charge in [-0.25, -0.2) is 13.8 Å². The second-order valence-electron chi connectivity index (χ2n) is 7.39. The summed E-state index contributed by atoms with van der Waals surface area (Å²) in [4.78, 5) is 21.4. The maximum atomic E-state index is 14.2. The van der Waals surface area contributed by atoms with E-state index in [9.17, 15) is 13.6 Å². The fraction of sp³-hybridized carbons (Fsp3) is 0.217. The molecule has 0 unspecified atom stereocenters. The molecular weight excluding hydrogens is 456 g/mol. The summed E-state index contributed by atoms with van der Waals surface area (Å²) in [5.74, 6) is -1.30. The molecule has 0 aliphatic heterocycles. The van der Waals surface area contributed by atoms with Crippen LogP contribution >= 0.6 is 11.3 Å². The number of benzene rings is 3. The van der Waals surface area contributed by atoms with Crippen molar-refractivity contribution in [1.82, 2.24) is 9.88 Å². The summed E-state index contributed by atoms with van der Waals surface area (Å²) in [5, 5.41) is 2.16. The summed E-state index contributed by atoms with van der Waals surface area (Å²) in [6.45, 7) is 0.889. The van der Waals surface area contributed by atoms with Crippen molar-refractivity contribution in [3.8, 4) is 5.75 Å². The number of ether oxygens (including phenoxy) is 1. The Morgan fingerprint density at radius 1 is 1.06 bits per heavy atom. The first-order valence-corrected chi connectivity index (χ1v) is 10.5. The molecule has 0 radical (unpaired) electrons. The van der Waals surface area contributed by atoms with Crippen molar-refractivity contribution in [2.24, 2.45) is 0 Å². The number of amides is 1. The van der Waals surface area contributed by atoms with Gasteiger partial charge in [-0.3, -0.25) is 9.69 Å². The molecule has 1 aromatic heterocycles. The molecular formula is C23H21ClF2N3O2S-. The van der Waals surface area contributed by atoms with Crippen LogP contribution in [0.1, 0.15) is 10.4 Å². The molecule has 168 valence electrons. The number of aromatic nitrogens is 1. The van der Waals surface area contributed by atoms with E-state index >= 15 is 0 Å². The van der Waals surface area contributed by atoms with Crippen LogP contribution in [-0.4, -0.2) is 50.1 Å². The van der Waals surface area contributed by atoms with Gasteiger partial charge in [-0.2, -0.15) is 0 Å². The van der Waals surface area contributed by atoms with Crippen LogP contribution in [0.25, 0.3) is 21.0 Å². The van der Waals surface area contributed by atoms with Gasteiger partial charge in [0.15, 0.2) is 10.9 Å². The lowest BCUT2D eigenvalue weighted by Gasteiger charge is -2.23. The Bertz CT molecular complexity index is 1280. The van der Waals surface area contributed by atoms with Crippen LogP contribution < -0.4 is 22.0 Å². The number of hydrogen-bond donors (Lipinski definition) is 0. The van der Waals surface area contributed by atoms with Crippen molar-refractivity contribution in [2.45, 2.75) is 0 Å². The van der Waals surface area contributed by atoms with Crippen molar-refractivity contribution in [3.63, 3.8) is 0 Å². The molecule has 5 nitrogen and oxygen atoms in total. The summed E-state index contributed by atoms with van der Waals surface area (Å²) >= 11 is 1.08. The summed E-state index contributed by atoms with van der Waals surface area (Å²) < 4.78 is 33.7. The van der Waals surface area contributed by atoms with Crippen LogP contribution in [0, 0.1) is 11.6 Å². The van der Waals surface area contributed by atoms with Crippen LogP contribution in [0.4, 0.5) is 13.9 Å². The number of methoxy groups -OCH3 is 1. The predicted molar refractivity (Wildman–Crippen MR) is 120 cm³/mol. The van der Waals surface area contributed by atoms with Crippen molar-refractivity contribution < 1.29 is 30.7 Å². The molecule has 0 spiro atoms. The zero-order valence-electron chi connectivity index (χ0n) is 17.7. The first kappa shape index (κ1) is 23.8. The van der Waals surface area contributed by atoms with E-state index in [1.807, 2.05) is 49.3 Å². The smallest absolute Gasteiger partial charge is 0.263 e. The first-order chi connectivity index (χ1) is 14.9. The molecule has 0 aliphatic carbocycles. The number of anilines is 1. The van der Waals surface area contributed by atoms with Gasteiger partial charge in [0.25, 0.3) is 5.91 Å². The van der Waals surface area contributed by atoms with Gasteiger partial charge in [0.1, 0.15) is 17.1 Å². The second kappa shape index (κ2) is 9.77. The van der Waals surface area contributed by atoms with Crippen LogP contribution in [0.5, 0.6) is 5.75 Å². The number of nitrogens with zero attached hydrogens (tertiary/aromatic N) is 3. The highest BCUT2D eigenvalue weighted by atomic mass is 35.5. The Labute approximate surface area is 194 Å². The van der Waals surface area contributed by atoms with Gasteiger partial charge < -0.3 is 22.0 Å². The van der Waals surface area contributed by atoms with E-state index in [1.165, 1.54) is 18.1 Å². The first-order valence-electron chi connectivity index (χ1n) is 9.66. The Morgan fingerprint density at radius 3 is 2.41 bits per heavy atom. The highest BCUT2D eigenvalue weighted by Crippen LogP contribution is 2.34. The number of thiazole rings is 1. The highest BCUT2D eigenvalue weighted by molar-refractivity contribution is 7.22. The summed E-state index contributed by atoms with van der Waals surface area (Å²) in [6.07, 6.45) is 0. The van der Waals surface area contributed by atoms with E-state index in [0.29, 0.717) is 34.2 Å². The molecule has 0 atom stereocenters. The third-order valence-electron chi connectivity index (χ3n) is 4.95. The van der Waals surface area contributed by atoms with Gasteiger partial charge in [-0.1, -0.05) is 35.6 Å². The Balaban J connectivity index is 0.00000289. The molecule has 3 aromatic carbocycles. The fourth-order valence-corrected chi connectivity index (χ4v) is 4.38. The predicted octanol–water partition coefficient (Wildman–Crippen LogP) is 1.95. The zero-order chi connectivity index (χ0) is 22.1. The van der Waals surface area contributed by atoms with E-state index in [4.69, 9.17) is 4.74 Å². The molecule has 32 heavy (non-hydrogen) atoms. The van der Waals surface area contributed by atoms with E-state index in [2.05, 4.69) is 4.98 Å².